The number of rotatable bonds is 6. The van der Waals surface area contributed by atoms with Gasteiger partial charge in [0.25, 0.3) is 10.8 Å². The van der Waals surface area contributed by atoms with Crippen molar-refractivity contribution >= 4 is 27.4 Å². The summed E-state index contributed by atoms with van der Waals surface area (Å²) in [5.74, 6) is 0.616. The molecule has 176 valence electrons. The molecule has 34 heavy (non-hydrogen) atoms. The van der Waals surface area contributed by atoms with Crippen molar-refractivity contribution in [2.24, 2.45) is 0 Å². The molecule has 0 N–H and O–H groups in total. The number of hydrogen-bond acceptors (Lipinski definition) is 8. The molecule has 9 nitrogen and oxygen atoms in total. The molecule has 0 unspecified atom stereocenters. The normalized spacial score (nSPS) is 15.1. The van der Waals surface area contributed by atoms with Crippen LogP contribution in [-0.2, 0) is 15.8 Å². The Hall–Kier alpha value is -3.02. The Bertz CT molecular complexity index is 1510. The molecule has 4 heterocycles. The number of pyridine rings is 1. The van der Waals surface area contributed by atoms with Crippen molar-refractivity contribution in [3.8, 4) is 11.5 Å². The van der Waals surface area contributed by atoms with Gasteiger partial charge in [0, 0.05) is 36.7 Å². The zero-order chi connectivity index (χ0) is 23.7. The number of nitrogens with zero attached hydrogens (tertiary/aromatic N) is 5. The Morgan fingerprint density at radius 1 is 1.06 bits per heavy atom. The molecule has 1 aliphatic heterocycles. The second-order valence-electron chi connectivity index (χ2n) is 8.17. The average Bonchev–Trinajstić information content (AvgIpc) is 3.32. The highest BCUT2D eigenvalue weighted by Gasteiger charge is 2.26. The average molecular weight is 498 g/mol. The lowest BCUT2D eigenvalue weighted by Crippen LogP contribution is -2.35. The first-order valence-electron chi connectivity index (χ1n) is 11.0. The van der Waals surface area contributed by atoms with Gasteiger partial charge in [0.15, 0.2) is 0 Å². The van der Waals surface area contributed by atoms with E-state index in [4.69, 9.17) is 4.42 Å². The molecule has 0 bridgehead atoms. The minimum absolute atomic E-state index is 0.154. The highest BCUT2D eigenvalue weighted by Crippen LogP contribution is 2.28. The van der Waals surface area contributed by atoms with E-state index in [2.05, 4.69) is 15.2 Å². The molecule has 0 atom stereocenters. The van der Waals surface area contributed by atoms with Crippen LogP contribution in [0.4, 0.5) is 0 Å². The summed E-state index contributed by atoms with van der Waals surface area (Å²) in [4.78, 5) is 17.1. The maximum Gasteiger partial charge on any atom is 0.277 e. The number of hydrogen-bond donors (Lipinski definition) is 0. The number of benzene rings is 1. The van der Waals surface area contributed by atoms with E-state index >= 15 is 0 Å². The lowest BCUT2D eigenvalue weighted by molar-refractivity contribution is 0.346. The number of aryl methyl sites for hydroxylation is 1. The van der Waals surface area contributed by atoms with Gasteiger partial charge >= 0.3 is 0 Å². The molecule has 1 saturated heterocycles. The summed E-state index contributed by atoms with van der Waals surface area (Å²) in [6.07, 6.45) is 4.52. The van der Waals surface area contributed by atoms with Crippen LogP contribution in [0.15, 0.2) is 68.0 Å². The summed E-state index contributed by atoms with van der Waals surface area (Å²) < 4.78 is 34.8. The standard InChI is InChI=1S/C23H23N5O4S2/c1-16-8-11-28-20(12-16)24-18(14-21(28)29)15-33-23-26-25-22(32-23)17-6-5-7-19(13-17)34(30,31)27-9-3-2-4-10-27/h5-8,11-14H,2-4,9-10,15H2,1H3. The van der Waals surface area contributed by atoms with Gasteiger partial charge in [-0.3, -0.25) is 9.20 Å². The molecule has 0 aliphatic carbocycles. The van der Waals surface area contributed by atoms with E-state index < -0.39 is 10.0 Å². The fraction of sp³-hybridized carbons (Fsp3) is 0.304. The predicted molar refractivity (Wildman–Crippen MR) is 128 cm³/mol. The molecule has 3 aromatic heterocycles. The molecule has 11 heteroatoms. The van der Waals surface area contributed by atoms with Gasteiger partial charge in [-0.1, -0.05) is 24.2 Å². The van der Waals surface area contributed by atoms with Crippen molar-refractivity contribution in [1.82, 2.24) is 23.9 Å². The van der Waals surface area contributed by atoms with Crippen LogP contribution < -0.4 is 5.56 Å². The third kappa shape index (κ3) is 4.63. The third-order valence-electron chi connectivity index (χ3n) is 5.66. The summed E-state index contributed by atoms with van der Waals surface area (Å²) >= 11 is 1.27. The van der Waals surface area contributed by atoms with Crippen LogP contribution >= 0.6 is 11.8 Å². The SMILES string of the molecule is Cc1ccn2c(=O)cc(CSc3nnc(-c4cccc(S(=O)(=O)N5CCCCC5)c4)o3)nc2c1. The van der Waals surface area contributed by atoms with Gasteiger partial charge in [-0.25, -0.2) is 13.4 Å². The van der Waals surface area contributed by atoms with Crippen LogP contribution in [0.25, 0.3) is 17.1 Å². The second-order valence-corrected chi connectivity index (χ2v) is 11.0. The molecule has 1 aromatic carbocycles. The van der Waals surface area contributed by atoms with Crippen LogP contribution in [0.2, 0.25) is 0 Å². The van der Waals surface area contributed by atoms with Crippen molar-refractivity contribution in [3.05, 3.63) is 70.3 Å². The second kappa shape index (κ2) is 9.32. The highest BCUT2D eigenvalue weighted by atomic mass is 32.2. The number of sulfonamides is 1. The lowest BCUT2D eigenvalue weighted by atomic mass is 10.2. The quantitative estimate of drug-likeness (QED) is 0.372. The number of fused-ring (bicyclic) bond motifs is 1. The zero-order valence-corrected chi connectivity index (χ0v) is 20.2. The molecule has 1 fully saturated rings. The lowest BCUT2D eigenvalue weighted by Gasteiger charge is -2.25. The van der Waals surface area contributed by atoms with E-state index in [1.54, 1.807) is 30.5 Å². The Balaban J connectivity index is 1.33. The molecular formula is C23H23N5O4S2. The predicted octanol–water partition coefficient (Wildman–Crippen LogP) is 3.52. The van der Waals surface area contributed by atoms with Gasteiger partial charge in [0.1, 0.15) is 5.65 Å². The van der Waals surface area contributed by atoms with Crippen LogP contribution in [0.3, 0.4) is 0 Å². The topological polar surface area (TPSA) is 111 Å². The van der Waals surface area contributed by atoms with Crippen molar-refractivity contribution in [1.29, 1.82) is 0 Å². The fourth-order valence-electron chi connectivity index (χ4n) is 3.89. The molecule has 4 aromatic rings. The van der Waals surface area contributed by atoms with E-state index in [0.29, 0.717) is 41.0 Å². The molecule has 0 saturated carbocycles. The van der Waals surface area contributed by atoms with E-state index in [1.807, 2.05) is 19.1 Å². The van der Waals surface area contributed by atoms with Crippen molar-refractivity contribution < 1.29 is 12.8 Å². The van der Waals surface area contributed by atoms with E-state index in [9.17, 15) is 13.2 Å². The Morgan fingerprint density at radius 2 is 1.88 bits per heavy atom. The summed E-state index contributed by atoms with van der Waals surface area (Å²) in [7, 11) is -3.56. The molecule has 0 amide bonds. The van der Waals surface area contributed by atoms with Gasteiger partial charge < -0.3 is 4.42 Å². The summed E-state index contributed by atoms with van der Waals surface area (Å²) in [6.45, 7) is 3.03. The zero-order valence-electron chi connectivity index (χ0n) is 18.5. The summed E-state index contributed by atoms with van der Waals surface area (Å²) in [5, 5.41) is 8.46. The molecular weight excluding hydrogens is 474 g/mol. The van der Waals surface area contributed by atoms with E-state index in [-0.39, 0.29) is 16.3 Å². The van der Waals surface area contributed by atoms with Crippen LogP contribution in [0.1, 0.15) is 30.5 Å². The van der Waals surface area contributed by atoms with Gasteiger partial charge in [-0.2, -0.15) is 4.31 Å². The van der Waals surface area contributed by atoms with Crippen molar-refractivity contribution in [2.75, 3.05) is 13.1 Å². The first-order valence-corrected chi connectivity index (χ1v) is 13.4. The van der Waals surface area contributed by atoms with Gasteiger partial charge in [-0.15, -0.1) is 10.2 Å². The first kappa shape index (κ1) is 22.8. The Kier molecular flexibility index (Phi) is 6.24. The van der Waals surface area contributed by atoms with Crippen LogP contribution in [0.5, 0.6) is 0 Å². The highest BCUT2D eigenvalue weighted by molar-refractivity contribution is 7.98. The summed E-state index contributed by atoms with van der Waals surface area (Å²) in [5.41, 5.74) is 2.59. The number of thioether (sulfide) groups is 1. The molecule has 5 rings (SSSR count). The minimum atomic E-state index is -3.56. The van der Waals surface area contributed by atoms with E-state index in [1.165, 1.54) is 26.5 Å². The largest absolute Gasteiger partial charge is 0.411 e. The first-order chi connectivity index (χ1) is 16.4. The van der Waals surface area contributed by atoms with Crippen molar-refractivity contribution in [3.63, 3.8) is 0 Å². The fourth-order valence-corrected chi connectivity index (χ4v) is 6.11. The number of aromatic nitrogens is 4. The maximum absolute atomic E-state index is 13.0. The van der Waals surface area contributed by atoms with Gasteiger partial charge in [0.2, 0.25) is 15.9 Å². The van der Waals surface area contributed by atoms with Crippen molar-refractivity contribution in [2.45, 2.75) is 42.1 Å². The monoisotopic (exact) mass is 497 g/mol. The van der Waals surface area contributed by atoms with E-state index in [0.717, 1.165) is 24.8 Å². The van der Waals surface area contributed by atoms with Crippen LogP contribution in [-0.4, -0.2) is 45.4 Å². The van der Waals surface area contributed by atoms with Crippen LogP contribution in [0, 0.1) is 6.92 Å². The molecule has 1 aliphatic rings. The summed E-state index contributed by atoms with van der Waals surface area (Å²) in [6, 6.07) is 11.8. The Labute approximate surface area is 200 Å². The van der Waals surface area contributed by atoms with Gasteiger partial charge in [0.05, 0.1) is 10.6 Å². The third-order valence-corrected chi connectivity index (χ3v) is 8.41. The Morgan fingerprint density at radius 3 is 2.71 bits per heavy atom. The number of piperidine rings is 1. The minimum Gasteiger partial charge on any atom is -0.411 e. The smallest absolute Gasteiger partial charge is 0.277 e. The maximum atomic E-state index is 13.0. The molecule has 0 radical (unpaired) electrons. The molecule has 0 spiro atoms. The van der Waals surface area contributed by atoms with Gasteiger partial charge in [-0.05, 0) is 55.7 Å².